The van der Waals surface area contributed by atoms with Crippen LogP contribution in [0.3, 0.4) is 0 Å². The number of carbonyl (C=O) groups excluding carboxylic acids is 1. The first-order valence-corrected chi connectivity index (χ1v) is 5.72. The van der Waals surface area contributed by atoms with Crippen LogP contribution < -0.4 is 0 Å². The molecule has 0 spiro atoms. The van der Waals surface area contributed by atoms with Crippen LogP contribution in [-0.2, 0) is 9.53 Å². The van der Waals surface area contributed by atoms with Crippen LogP contribution in [0.15, 0.2) is 0 Å². The molecule has 0 aromatic carbocycles. The number of ether oxygens (including phenoxy) is 1. The molecule has 1 saturated heterocycles. The van der Waals surface area contributed by atoms with Gasteiger partial charge in [0.25, 0.3) is 0 Å². The van der Waals surface area contributed by atoms with Crippen LogP contribution in [-0.4, -0.2) is 36.1 Å². The van der Waals surface area contributed by atoms with Gasteiger partial charge >= 0.3 is 5.97 Å². The molecule has 0 aromatic heterocycles. The zero-order valence-corrected chi connectivity index (χ0v) is 10.5. The summed E-state index contributed by atoms with van der Waals surface area (Å²) in [5.41, 5.74) is -0.357. The first-order chi connectivity index (χ1) is 6.79. The highest BCUT2D eigenvalue weighted by atomic mass is 16.6. The predicted octanol–water partition coefficient (Wildman–Crippen LogP) is 2.06. The van der Waals surface area contributed by atoms with Gasteiger partial charge in [-0.05, 0) is 54.1 Å². The van der Waals surface area contributed by atoms with Crippen molar-refractivity contribution in [2.45, 2.75) is 52.2 Å². The Morgan fingerprint density at radius 1 is 1.40 bits per heavy atom. The molecule has 0 radical (unpaired) electrons. The van der Waals surface area contributed by atoms with Crippen LogP contribution in [0.5, 0.6) is 0 Å². The van der Waals surface area contributed by atoms with Crippen LogP contribution in [0.25, 0.3) is 0 Å². The molecular weight excluding hydrogens is 190 g/mol. The topological polar surface area (TPSA) is 29.5 Å². The van der Waals surface area contributed by atoms with Crippen LogP contribution in [0, 0.1) is 5.92 Å². The minimum absolute atomic E-state index is 0.0255. The first-order valence-electron chi connectivity index (χ1n) is 5.72. The fraction of sp³-hybridized carbons (Fsp3) is 0.917. The van der Waals surface area contributed by atoms with E-state index >= 15 is 0 Å². The lowest BCUT2D eigenvalue weighted by atomic mass is 9.92. The van der Waals surface area contributed by atoms with E-state index in [1.54, 1.807) is 0 Å². The monoisotopic (exact) mass is 213 g/mol. The molecule has 0 bridgehead atoms. The molecular formula is C12H23NO2. The molecule has 2 atom stereocenters. The molecule has 1 heterocycles. The lowest BCUT2D eigenvalue weighted by Crippen LogP contribution is -2.41. The summed E-state index contributed by atoms with van der Waals surface area (Å²) in [5.74, 6) is 0.0675. The van der Waals surface area contributed by atoms with E-state index in [9.17, 15) is 4.79 Å². The highest BCUT2D eigenvalue weighted by Crippen LogP contribution is 2.24. The van der Waals surface area contributed by atoms with Gasteiger partial charge in [-0.2, -0.15) is 0 Å². The van der Waals surface area contributed by atoms with Gasteiger partial charge in [-0.3, -0.25) is 4.79 Å². The van der Waals surface area contributed by atoms with Gasteiger partial charge < -0.3 is 9.64 Å². The average molecular weight is 213 g/mol. The van der Waals surface area contributed by atoms with Crippen molar-refractivity contribution in [3.05, 3.63) is 0 Å². The molecule has 1 rings (SSSR count). The van der Waals surface area contributed by atoms with Gasteiger partial charge in [-0.1, -0.05) is 0 Å². The highest BCUT2D eigenvalue weighted by molar-refractivity contribution is 5.73. The third-order valence-electron chi connectivity index (χ3n) is 2.95. The Morgan fingerprint density at radius 2 is 2.00 bits per heavy atom. The van der Waals surface area contributed by atoms with E-state index in [4.69, 9.17) is 4.74 Å². The zero-order valence-electron chi connectivity index (χ0n) is 10.5. The lowest BCUT2D eigenvalue weighted by molar-refractivity contribution is -0.162. The summed E-state index contributed by atoms with van der Waals surface area (Å²) < 4.78 is 5.40. The summed E-state index contributed by atoms with van der Waals surface area (Å²) >= 11 is 0. The molecule has 88 valence electrons. The van der Waals surface area contributed by atoms with E-state index in [0.717, 1.165) is 19.4 Å². The fourth-order valence-corrected chi connectivity index (χ4v) is 1.89. The Bertz CT molecular complexity index is 232. The van der Waals surface area contributed by atoms with Crippen molar-refractivity contribution in [3.63, 3.8) is 0 Å². The fourth-order valence-electron chi connectivity index (χ4n) is 1.89. The standard InChI is InChI=1S/C12H23NO2/c1-9-8-10(6-7-13(9)5)11(14)15-12(2,3)4/h9-10H,6-8H2,1-5H3/t9-,10+/m0/s1. The second-order valence-corrected chi connectivity index (χ2v) is 5.58. The number of piperidine rings is 1. The van der Waals surface area contributed by atoms with Crippen molar-refractivity contribution in [2.24, 2.45) is 5.92 Å². The van der Waals surface area contributed by atoms with Gasteiger partial charge in [0.1, 0.15) is 5.60 Å². The largest absolute Gasteiger partial charge is 0.460 e. The van der Waals surface area contributed by atoms with Gasteiger partial charge in [0.05, 0.1) is 5.92 Å². The highest BCUT2D eigenvalue weighted by Gasteiger charge is 2.31. The molecule has 0 aliphatic carbocycles. The third kappa shape index (κ3) is 3.82. The first kappa shape index (κ1) is 12.5. The molecule has 3 nitrogen and oxygen atoms in total. The molecule has 3 heteroatoms. The van der Waals surface area contributed by atoms with Crippen LogP contribution in [0.2, 0.25) is 0 Å². The Hall–Kier alpha value is -0.570. The molecule has 1 aliphatic rings. The summed E-state index contributed by atoms with van der Waals surface area (Å²) in [6.07, 6.45) is 1.85. The normalized spacial score (nSPS) is 28.9. The van der Waals surface area contributed by atoms with Crippen LogP contribution in [0.4, 0.5) is 0 Å². The Labute approximate surface area is 92.8 Å². The summed E-state index contributed by atoms with van der Waals surface area (Å²) in [4.78, 5) is 14.1. The molecule has 0 unspecified atom stereocenters. The maximum atomic E-state index is 11.8. The Balaban J connectivity index is 2.48. The molecule has 1 fully saturated rings. The summed E-state index contributed by atoms with van der Waals surface area (Å²) in [6, 6.07) is 0.483. The molecule has 15 heavy (non-hydrogen) atoms. The van der Waals surface area contributed by atoms with Gasteiger partial charge in [0, 0.05) is 6.04 Å². The van der Waals surface area contributed by atoms with Gasteiger partial charge in [-0.15, -0.1) is 0 Å². The number of rotatable bonds is 1. The van der Waals surface area contributed by atoms with Gasteiger partial charge in [0.15, 0.2) is 0 Å². The predicted molar refractivity (Wildman–Crippen MR) is 60.7 cm³/mol. The molecule has 0 N–H and O–H groups in total. The molecule has 0 saturated carbocycles. The maximum Gasteiger partial charge on any atom is 0.309 e. The number of carbonyl (C=O) groups is 1. The zero-order chi connectivity index (χ0) is 11.6. The van der Waals surface area contributed by atoms with E-state index in [1.807, 2.05) is 20.8 Å². The minimum atomic E-state index is -0.357. The molecule has 1 aliphatic heterocycles. The van der Waals surface area contributed by atoms with Crippen molar-refractivity contribution >= 4 is 5.97 Å². The number of hydrogen-bond acceptors (Lipinski definition) is 3. The quantitative estimate of drug-likeness (QED) is 0.624. The van der Waals surface area contributed by atoms with Crippen molar-refractivity contribution in [3.8, 4) is 0 Å². The number of hydrogen-bond donors (Lipinski definition) is 0. The number of nitrogens with zero attached hydrogens (tertiary/aromatic N) is 1. The summed E-state index contributed by atoms with van der Waals surface area (Å²) in [7, 11) is 2.11. The summed E-state index contributed by atoms with van der Waals surface area (Å²) in [5, 5.41) is 0. The minimum Gasteiger partial charge on any atom is -0.460 e. The second kappa shape index (κ2) is 4.52. The maximum absolute atomic E-state index is 11.8. The lowest BCUT2D eigenvalue weighted by Gasteiger charge is -2.35. The van der Waals surface area contributed by atoms with Crippen LogP contribution in [0.1, 0.15) is 40.5 Å². The van der Waals surface area contributed by atoms with E-state index in [2.05, 4.69) is 18.9 Å². The number of esters is 1. The SMILES string of the molecule is C[C@H]1C[C@H](C(=O)OC(C)(C)C)CCN1C. The molecule has 0 amide bonds. The Kier molecular flexibility index (Phi) is 3.77. The van der Waals surface area contributed by atoms with Crippen molar-refractivity contribution in [1.82, 2.24) is 4.90 Å². The van der Waals surface area contributed by atoms with E-state index in [1.165, 1.54) is 0 Å². The molecule has 0 aromatic rings. The Morgan fingerprint density at radius 3 is 2.47 bits per heavy atom. The summed E-state index contributed by atoms with van der Waals surface area (Å²) in [6.45, 7) is 8.91. The van der Waals surface area contributed by atoms with Crippen molar-refractivity contribution in [2.75, 3.05) is 13.6 Å². The van der Waals surface area contributed by atoms with Crippen LogP contribution >= 0.6 is 0 Å². The van der Waals surface area contributed by atoms with Gasteiger partial charge in [0.2, 0.25) is 0 Å². The number of likely N-dealkylation sites (tertiary alicyclic amines) is 1. The van der Waals surface area contributed by atoms with E-state index in [-0.39, 0.29) is 17.5 Å². The van der Waals surface area contributed by atoms with Crippen molar-refractivity contribution < 1.29 is 9.53 Å². The van der Waals surface area contributed by atoms with E-state index in [0.29, 0.717) is 6.04 Å². The third-order valence-corrected chi connectivity index (χ3v) is 2.95. The average Bonchev–Trinajstić information content (AvgIpc) is 2.06. The van der Waals surface area contributed by atoms with Crippen molar-refractivity contribution in [1.29, 1.82) is 0 Å². The smallest absolute Gasteiger partial charge is 0.309 e. The van der Waals surface area contributed by atoms with E-state index < -0.39 is 0 Å². The van der Waals surface area contributed by atoms with Gasteiger partial charge in [-0.25, -0.2) is 0 Å². The second-order valence-electron chi connectivity index (χ2n) is 5.58.